The van der Waals surface area contributed by atoms with Gasteiger partial charge in [-0.25, -0.2) is 0 Å². The van der Waals surface area contributed by atoms with Crippen molar-refractivity contribution in [2.45, 2.75) is 38.3 Å². The third kappa shape index (κ3) is 3.60. The van der Waals surface area contributed by atoms with Crippen molar-refractivity contribution in [3.8, 4) is 0 Å². The van der Waals surface area contributed by atoms with E-state index in [0.717, 1.165) is 28.5 Å². The second-order valence-corrected chi connectivity index (χ2v) is 6.32. The summed E-state index contributed by atoms with van der Waals surface area (Å²) in [6.07, 6.45) is 2.92. The van der Waals surface area contributed by atoms with Gasteiger partial charge in [0.15, 0.2) is 0 Å². The number of carbonyl (C=O) groups excluding carboxylic acids is 1. The van der Waals surface area contributed by atoms with Crippen molar-refractivity contribution in [2.75, 3.05) is 0 Å². The normalized spacial score (nSPS) is 24.4. The van der Waals surface area contributed by atoms with Crippen molar-refractivity contribution in [3.05, 3.63) is 21.3 Å². The summed E-state index contributed by atoms with van der Waals surface area (Å²) in [6.45, 7) is 1.97. The summed E-state index contributed by atoms with van der Waals surface area (Å²) in [5.74, 6) is 0.0555. The number of halogens is 2. The molecule has 2 rings (SSSR count). The maximum Gasteiger partial charge on any atom is 0.225 e. The smallest absolute Gasteiger partial charge is 0.225 e. The van der Waals surface area contributed by atoms with Crippen molar-refractivity contribution in [3.63, 3.8) is 0 Å². The van der Waals surface area contributed by atoms with Gasteiger partial charge in [-0.2, -0.15) is 0 Å². The SMILES string of the molecule is CC(NC(=O)C1CCCC1N)c1ccc(Cl)s1.Cl. The molecule has 0 spiro atoms. The van der Waals surface area contributed by atoms with Crippen LogP contribution in [-0.4, -0.2) is 11.9 Å². The Bertz CT molecular complexity index is 411. The quantitative estimate of drug-likeness (QED) is 0.901. The zero-order valence-electron chi connectivity index (χ0n) is 10.2. The molecule has 102 valence electrons. The standard InChI is InChI=1S/C12H17ClN2OS.ClH/c1-7(10-5-6-11(13)17-10)15-12(16)8-3-2-4-9(8)14;/h5-9H,2-4,14H2,1H3,(H,15,16);1H. The van der Waals surface area contributed by atoms with Crippen LogP contribution in [0, 0.1) is 5.92 Å². The van der Waals surface area contributed by atoms with Gasteiger partial charge in [0.05, 0.1) is 16.3 Å². The van der Waals surface area contributed by atoms with Crippen LogP contribution in [0.2, 0.25) is 4.34 Å². The molecule has 3 atom stereocenters. The summed E-state index contributed by atoms with van der Waals surface area (Å²) >= 11 is 7.38. The largest absolute Gasteiger partial charge is 0.348 e. The molecule has 18 heavy (non-hydrogen) atoms. The van der Waals surface area contributed by atoms with Crippen molar-refractivity contribution in [2.24, 2.45) is 11.7 Å². The Kier molecular flexibility index (Phi) is 5.92. The number of nitrogens with two attached hydrogens (primary N) is 1. The van der Waals surface area contributed by atoms with Gasteiger partial charge < -0.3 is 11.1 Å². The number of amides is 1. The highest BCUT2D eigenvalue weighted by Crippen LogP contribution is 2.28. The van der Waals surface area contributed by atoms with E-state index in [4.69, 9.17) is 17.3 Å². The average molecular weight is 309 g/mol. The first-order chi connectivity index (χ1) is 8.08. The van der Waals surface area contributed by atoms with Crippen molar-refractivity contribution >= 4 is 41.3 Å². The molecule has 1 amide bonds. The molecule has 1 saturated carbocycles. The van der Waals surface area contributed by atoms with Crippen LogP contribution in [0.4, 0.5) is 0 Å². The van der Waals surface area contributed by atoms with Gasteiger partial charge in [0.1, 0.15) is 0 Å². The Labute approximate surface area is 122 Å². The Morgan fingerprint density at radius 2 is 2.28 bits per heavy atom. The minimum Gasteiger partial charge on any atom is -0.348 e. The molecule has 3 N–H and O–H groups in total. The van der Waals surface area contributed by atoms with Crippen molar-refractivity contribution < 1.29 is 4.79 Å². The summed E-state index contributed by atoms with van der Waals surface area (Å²) in [5, 5.41) is 3.01. The fourth-order valence-corrected chi connectivity index (χ4v) is 3.33. The average Bonchev–Trinajstić information content (AvgIpc) is 2.86. The van der Waals surface area contributed by atoms with Gasteiger partial charge in [0, 0.05) is 10.9 Å². The molecule has 6 heteroatoms. The van der Waals surface area contributed by atoms with E-state index in [1.165, 1.54) is 11.3 Å². The minimum atomic E-state index is -0.0205. The third-order valence-electron chi connectivity index (χ3n) is 3.29. The van der Waals surface area contributed by atoms with E-state index in [-0.39, 0.29) is 36.3 Å². The highest BCUT2D eigenvalue weighted by atomic mass is 35.5. The second-order valence-electron chi connectivity index (χ2n) is 4.57. The summed E-state index contributed by atoms with van der Waals surface area (Å²) in [7, 11) is 0. The van der Waals surface area contributed by atoms with Crippen molar-refractivity contribution in [1.82, 2.24) is 5.32 Å². The molecule has 0 aromatic carbocycles. The van der Waals surface area contributed by atoms with Crippen LogP contribution in [0.5, 0.6) is 0 Å². The number of hydrogen-bond acceptors (Lipinski definition) is 3. The van der Waals surface area contributed by atoms with Crippen LogP contribution in [-0.2, 0) is 4.79 Å². The Morgan fingerprint density at radius 1 is 1.56 bits per heavy atom. The lowest BCUT2D eigenvalue weighted by Gasteiger charge is -2.18. The minimum absolute atomic E-state index is 0. The number of nitrogens with one attached hydrogen (secondary N) is 1. The lowest BCUT2D eigenvalue weighted by atomic mass is 10.0. The van der Waals surface area contributed by atoms with Crippen LogP contribution in [0.15, 0.2) is 12.1 Å². The molecule has 1 aromatic heterocycles. The van der Waals surface area contributed by atoms with Gasteiger partial charge in [-0.05, 0) is 31.9 Å². The van der Waals surface area contributed by atoms with Gasteiger partial charge in [-0.15, -0.1) is 23.7 Å². The molecule has 1 heterocycles. The maximum absolute atomic E-state index is 12.0. The van der Waals surface area contributed by atoms with Crippen LogP contribution >= 0.6 is 35.3 Å². The van der Waals surface area contributed by atoms with E-state index in [2.05, 4.69) is 5.32 Å². The molecule has 0 saturated heterocycles. The third-order valence-corrected chi connectivity index (χ3v) is 4.70. The molecular formula is C12H18Cl2N2OS. The molecule has 1 aliphatic carbocycles. The molecule has 0 bridgehead atoms. The first-order valence-electron chi connectivity index (χ1n) is 5.89. The first-order valence-corrected chi connectivity index (χ1v) is 7.08. The van der Waals surface area contributed by atoms with E-state index >= 15 is 0 Å². The molecule has 1 aliphatic rings. The lowest BCUT2D eigenvalue weighted by molar-refractivity contribution is -0.125. The van der Waals surface area contributed by atoms with Crippen LogP contribution < -0.4 is 11.1 Å². The summed E-state index contributed by atoms with van der Waals surface area (Å²) in [4.78, 5) is 13.1. The predicted molar refractivity (Wildman–Crippen MR) is 78.5 cm³/mol. The monoisotopic (exact) mass is 308 g/mol. The number of hydrogen-bond donors (Lipinski definition) is 2. The fourth-order valence-electron chi connectivity index (χ4n) is 2.27. The summed E-state index contributed by atoms with van der Waals surface area (Å²) in [6, 6.07) is 3.83. The van der Waals surface area contributed by atoms with Crippen LogP contribution in [0.25, 0.3) is 0 Å². The molecule has 3 nitrogen and oxygen atoms in total. The molecule has 1 aromatic rings. The zero-order valence-corrected chi connectivity index (χ0v) is 12.6. The highest BCUT2D eigenvalue weighted by Gasteiger charge is 2.30. The number of rotatable bonds is 3. The van der Waals surface area contributed by atoms with E-state index in [1.807, 2.05) is 19.1 Å². The zero-order chi connectivity index (χ0) is 12.4. The summed E-state index contributed by atoms with van der Waals surface area (Å²) in [5.41, 5.74) is 5.92. The van der Waals surface area contributed by atoms with Gasteiger partial charge in [-0.1, -0.05) is 18.0 Å². The highest BCUT2D eigenvalue weighted by molar-refractivity contribution is 7.16. The Hall–Kier alpha value is -0.290. The summed E-state index contributed by atoms with van der Waals surface area (Å²) < 4.78 is 0.749. The Morgan fingerprint density at radius 3 is 2.78 bits per heavy atom. The van der Waals surface area contributed by atoms with Crippen LogP contribution in [0.3, 0.4) is 0 Å². The van der Waals surface area contributed by atoms with E-state index in [0.29, 0.717) is 0 Å². The second kappa shape index (κ2) is 6.75. The molecule has 1 fully saturated rings. The van der Waals surface area contributed by atoms with Gasteiger partial charge >= 0.3 is 0 Å². The Balaban J connectivity index is 0.00000162. The number of carbonyl (C=O) groups is 1. The van der Waals surface area contributed by atoms with Gasteiger partial charge in [0.2, 0.25) is 5.91 Å². The fraction of sp³-hybridized carbons (Fsp3) is 0.583. The first kappa shape index (κ1) is 15.8. The van der Waals surface area contributed by atoms with E-state index in [9.17, 15) is 4.79 Å². The molecule has 3 unspecified atom stereocenters. The predicted octanol–water partition coefficient (Wildman–Crippen LogP) is 3.13. The number of thiophene rings is 1. The van der Waals surface area contributed by atoms with E-state index in [1.54, 1.807) is 0 Å². The van der Waals surface area contributed by atoms with Crippen LogP contribution in [0.1, 0.15) is 37.1 Å². The van der Waals surface area contributed by atoms with Gasteiger partial charge in [0.25, 0.3) is 0 Å². The molecular weight excluding hydrogens is 291 g/mol. The molecule has 0 radical (unpaired) electrons. The maximum atomic E-state index is 12.0. The topological polar surface area (TPSA) is 55.1 Å². The lowest BCUT2D eigenvalue weighted by Crippen LogP contribution is -2.39. The van der Waals surface area contributed by atoms with Crippen molar-refractivity contribution in [1.29, 1.82) is 0 Å². The molecule has 0 aliphatic heterocycles. The van der Waals surface area contributed by atoms with Gasteiger partial charge in [-0.3, -0.25) is 4.79 Å². The van der Waals surface area contributed by atoms with E-state index < -0.39 is 0 Å².